The summed E-state index contributed by atoms with van der Waals surface area (Å²) in [6, 6.07) is 3.06. The molecule has 0 aliphatic heterocycles. The van der Waals surface area contributed by atoms with Crippen LogP contribution in [0.15, 0.2) is 15.9 Å². The highest BCUT2D eigenvalue weighted by molar-refractivity contribution is 9.10. The third kappa shape index (κ3) is 2.86. The van der Waals surface area contributed by atoms with Gasteiger partial charge in [0.2, 0.25) is 0 Å². The molecule has 0 saturated heterocycles. The van der Waals surface area contributed by atoms with Gasteiger partial charge in [0.15, 0.2) is 0 Å². The molecule has 1 aliphatic carbocycles. The fourth-order valence-corrected chi connectivity index (χ4v) is 4.17. The Labute approximate surface area is 110 Å². The number of thiophene rings is 1. The van der Waals surface area contributed by atoms with Crippen molar-refractivity contribution in [2.45, 2.75) is 38.3 Å². The lowest BCUT2D eigenvalue weighted by atomic mass is 10.1. The first-order valence-corrected chi connectivity index (χ1v) is 7.57. The summed E-state index contributed by atoms with van der Waals surface area (Å²) in [7, 11) is 0. The van der Waals surface area contributed by atoms with Crippen molar-refractivity contribution in [2.75, 3.05) is 6.54 Å². The summed E-state index contributed by atoms with van der Waals surface area (Å²) < 4.78 is 1.19. The molecular formula is C12H19BrN2S. The normalized spacial score (nSPS) is 27.2. The molecule has 0 radical (unpaired) electrons. The zero-order valence-corrected chi connectivity index (χ0v) is 12.0. The molecule has 0 amide bonds. The summed E-state index contributed by atoms with van der Waals surface area (Å²) in [6.07, 6.45) is 3.93. The number of halogens is 1. The quantitative estimate of drug-likeness (QED) is 0.896. The number of hydrogen-bond acceptors (Lipinski definition) is 3. The van der Waals surface area contributed by atoms with Crippen molar-refractivity contribution in [3.05, 3.63) is 20.8 Å². The standard InChI is InChI=1S/C12H19BrN2S/c1-8-2-3-9(6-8)15-11(7-14)12-10(13)4-5-16-12/h4-5,8-9,11,15H,2-3,6-7,14H2,1H3. The monoisotopic (exact) mass is 302 g/mol. The zero-order chi connectivity index (χ0) is 11.5. The van der Waals surface area contributed by atoms with Gasteiger partial charge in [0.05, 0.1) is 6.04 Å². The van der Waals surface area contributed by atoms with Gasteiger partial charge in [-0.1, -0.05) is 6.92 Å². The van der Waals surface area contributed by atoms with Crippen LogP contribution in [0.2, 0.25) is 0 Å². The van der Waals surface area contributed by atoms with Crippen molar-refractivity contribution in [3.63, 3.8) is 0 Å². The Morgan fingerprint density at radius 3 is 2.94 bits per heavy atom. The molecular weight excluding hydrogens is 284 g/mol. The van der Waals surface area contributed by atoms with E-state index in [9.17, 15) is 0 Å². The summed E-state index contributed by atoms with van der Waals surface area (Å²) in [5.41, 5.74) is 5.87. The molecule has 0 bridgehead atoms. The Morgan fingerprint density at radius 1 is 1.62 bits per heavy atom. The van der Waals surface area contributed by atoms with E-state index in [4.69, 9.17) is 5.73 Å². The van der Waals surface area contributed by atoms with E-state index in [1.54, 1.807) is 11.3 Å². The first kappa shape index (κ1) is 12.6. The van der Waals surface area contributed by atoms with E-state index in [2.05, 4.69) is 39.6 Å². The summed E-state index contributed by atoms with van der Waals surface area (Å²) in [5, 5.41) is 5.81. The van der Waals surface area contributed by atoms with Crippen molar-refractivity contribution in [3.8, 4) is 0 Å². The van der Waals surface area contributed by atoms with Crippen molar-refractivity contribution in [1.29, 1.82) is 0 Å². The molecule has 2 nitrogen and oxygen atoms in total. The molecule has 2 rings (SSSR count). The van der Waals surface area contributed by atoms with Gasteiger partial charge in [0.25, 0.3) is 0 Å². The molecule has 1 aromatic heterocycles. The second-order valence-electron chi connectivity index (χ2n) is 4.70. The third-order valence-electron chi connectivity index (χ3n) is 3.33. The van der Waals surface area contributed by atoms with Gasteiger partial charge in [-0.15, -0.1) is 11.3 Å². The van der Waals surface area contributed by atoms with E-state index >= 15 is 0 Å². The molecule has 1 fully saturated rings. The van der Waals surface area contributed by atoms with Crippen LogP contribution >= 0.6 is 27.3 Å². The first-order valence-electron chi connectivity index (χ1n) is 5.89. The number of hydrogen-bond donors (Lipinski definition) is 2. The molecule has 1 aliphatic rings. The molecule has 1 aromatic rings. The van der Waals surface area contributed by atoms with E-state index in [-0.39, 0.29) is 0 Å². The molecule has 3 N–H and O–H groups in total. The summed E-state index contributed by atoms with van der Waals surface area (Å²) in [5.74, 6) is 0.864. The minimum atomic E-state index is 0.310. The van der Waals surface area contributed by atoms with Crippen LogP contribution in [0, 0.1) is 5.92 Å². The highest BCUT2D eigenvalue weighted by atomic mass is 79.9. The van der Waals surface area contributed by atoms with Gasteiger partial charge in [-0.25, -0.2) is 0 Å². The maximum Gasteiger partial charge on any atom is 0.0552 e. The van der Waals surface area contributed by atoms with E-state index in [0.29, 0.717) is 18.6 Å². The SMILES string of the molecule is CC1CCC(NC(CN)c2sccc2Br)C1. The van der Waals surface area contributed by atoms with Gasteiger partial charge in [-0.2, -0.15) is 0 Å². The highest BCUT2D eigenvalue weighted by Crippen LogP contribution is 2.31. The topological polar surface area (TPSA) is 38.0 Å². The molecule has 16 heavy (non-hydrogen) atoms. The van der Waals surface area contributed by atoms with Crippen molar-refractivity contribution in [1.82, 2.24) is 5.32 Å². The minimum absolute atomic E-state index is 0.310. The minimum Gasteiger partial charge on any atom is -0.329 e. The van der Waals surface area contributed by atoms with Crippen molar-refractivity contribution >= 4 is 27.3 Å². The second-order valence-corrected chi connectivity index (χ2v) is 6.50. The van der Waals surface area contributed by atoms with E-state index in [1.165, 1.54) is 28.6 Å². The maximum atomic E-state index is 5.87. The van der Waals surface area contributed by atoms with Gasteiger partial charge >= 0.3 is 0 Å². The molecule has 90 valence electrons. The molecule has 3 atom stereocenters. The average Bonchev–Trinajstić information content (AvgIpc) is 2.84. The summed E-state index contributed by atoms with van der Waals surface area (Å²) in [4.78, 5) is 1.34. The zero-order valence-electron chi connectivity index (χ0n) is 9.58. The van der Waals surface area contributed by atoms with E-state index < -0.39 is 0 Å². The van der Waals surface area contributed by atoms with Crippen LogP contribution in [0.1, 0.15) is 37.1 Å². The molecule has 4 heteroatoms. The lowest BCUT2D eigenvalue weighted by Crippen LogP contribution is -2.35. The summed E-state index contributed by atoms with van der Waals surface area (Å²) in [6.45, 7) is 3.00. The maximum absolute atomic E-state index is 5.87. The molecule has 3 unspecified atom stereocenters. The van der Waals surface area contributed by atoms with E-state index in [0.717, 1.165) is 5.92 Å². The van der Waals surface area contributed by atoms with Gasteiger partial charge in [-0.05, 0) is 52.6 Å². The Balaban J connectivity index is 1.98. The fraction of sp³-hybridized carbons (Fsp3) is 0.667. The van der Waals surface area contributed by atoms with E-state index in [1.807, 2.05) is 0 Å². The lowest BCUT2D eigenvalue weighted by molar-refractivity contribution is 0.437. The van der Waals surface area contributed by atoms with Gasteiger partial charge in [-0.3, -0.25) is 0 Å². The average molecular weight is 303 g/mol. The van der Waals surface area contributed by atoms with Gasteiger partial charge < -0.3 is 11.1 Å². The Kier molecular flexibility index (Phi) is 4.41. The number of rotatable bonds is 4. The molecule has 1 saturated carbocycles. The molecule has 0 spiro atoms. The highest BCUT2D eigenvalue weighted by Gasteiger charge is 2.24. The van der Waals surface area contributed by atoms with Crippen LogP contribution < -0.4 is 11.1 Å². The number of nitrogens with two attached hydrogens (primary N) is 1. The molecule has 0 aromatic carbocycles. The van der Waals surface area contributed by atoms with Crippen LogP contribution in [0.5, 0.6) is 0 Å². The first-order chi connectivity index (χ1) is 7.70. The van der Waals surface area contributed by atoms with Crippen LogP contribution in [0.4, 0.5) is 0 Å². The summed E-state index contributed by atoms with van der Waals surface area (Å²) >= 11 is 5.36. The largest absolute Gasteiger partial charge is 0.329 e. The smallest absolute Gasteiger partial charge is 0.0552 e. The van der Waals surface area contributed by atoms with Crippen LogP contribution in [-0.2, 0) is 0 Å². The van der Waals surface area contributed by atoms with Gasteiger partial charge in [0, 0.05) is 21.9 Å². The van der Waals surface area contributed by atoms with Crippen molar-refractivity contribution < 1.29 is 0 Å². The van der Waals surface area contributed by atoms with Crippen LogP contribution in [0.25, 0.3) is 0 Å². The molecule has 1 heterocycles. The van der Waals surface area contributed by atoms with Gasteiger partial charge in [0.1, 0.15) is 0 Å². The lowest BCUT2D eigenvalue weighted by Gasteiger charge is -2.21. The Bertz CT molecular complexity index is 340. The van der Waals surface area contributed by atoms with Crippen LogP contribution in [0.3, 0.4) is 0 Å². The fourth-order valence-electron chi connectivity index (χ4n) is 2.45. The Hall–Kier alpha value is 0.100. The third-order valence-corrected chi connectivity index (χ3v) is 5.31. The Morgan fingerprint density at radius 2 is 2.44 bits per heavy atom. The number of nitrogens with one attached hydrogen (secondary N) is 1. The predicted octanol–water partition coefficient (Wildman–Crippen LogP) is 3.29. The van der Waals surface area contributed by atoms with Crippen molar-refractivity contribution in [2.24, 2.45) is 11.7 Å². The van der Waals surface area contributed by atoms with Crippen LogP contribution in [-0.4, -0.2) is 12.6 Å². The second kappa shape index (κ2) is 5.63. The predicted molar refractivity (Wildman–Crippen MR) is 73.8 cm³/mol.